The Labute approximate surface area is 145 Å². The van der Waals surface area contributed by atoms with Crippen molar-refractivity contribution < 1.29 is 22.7 Å². The first kappa shape index (κ1) is 18.8. The number of morpholine rings is 1. The zero-order valence-electron chi connectivity index (χ0n) is 13.6. The average Bonchev–Trinajstić information content (AvgIpc) is 3.02. The molecule has 10 heteroatoms. The van der Waals surface area contributed by atoms with Gasteiger partial charge in [-0.3, -0.25) is 9.59 Å². The summed E-state index contributed by atoms with van der Waals surface area (Å²) in [5.74, 6) is -0.608. The Morgan fingerprint density at radius 2 is 2.00 bits per heavy atom. The number of nitrogens with zero attached hydrogens (tertiary/aromatic N) is 1. The van der Waals surface area contributed by atoms with E-state index in [9.17, 15) is 18.0 Å². The predicted molar refractivity (Wildman–Crippen MR) is 89.0 cm³/mol. The maximum absolute atomic E-state index is 12.5. The van der Waals surface area contributed by atoms with Gasteiger partial charge in [-0.1, -0.05) is 0 Å². The third kappa shape index (κ3) is 4.76. The maximum Gasteiger partial charge on any atom is 0.252 e. The fourth-order valence-corrected chi connectivity index (χ4v) is 5.06. The first-order valence-electron chi connectivity index (χ1n) is 7.52. The topological polar surface area (TPSA) is 105 Å². The van der Waals surface area contributed by atoms with Crippen LogP contribution in [-0.2, 0) is 30.9 Å². The molecule has 24 heavy (non-hydrogen) atoms. The molecule has 0 bridgehead atoms. The molecule has 1 aliphatic heterocycles. The number of nitrogens with one attached hydrogen (secondary N) is 2. The van der Waals surface area contributed by atoms with Crippen LogP contribution in [0.5, 0.6) is 0 Å². The van der Waals surface area contributed by atoms with Crippen LogP contribution in [0.15, 0.2) is 16.3 Å². The predicted octanol–water partition coefficient (Wildman–Crippen LogP) is -0.0902. The second-order valence-electron chi connectivity index (χ2n) is 5.38. The Morgan fingerprint density at radius 1 is 1.33 bits per heavy atom. The van der Waals surface area contributed by atoms with Gasteiger partial charge in [0.25, 0.3) is 10.0 Å². The summed E-state index contributed by atoms with van der Waals surface area (Å²) in [4.78, 5) is 23.5. The monoisotopic (exact) mass is 375 g/mol. The number of carbonyl (C=O) groups excluding carboxylic acids is 2. The molecule has 0 aliphatic carbocycles. The van der Waals surface area contributed by atoms with E-state index in [-0.39, 0.29) is 22.6 Å². The van der Waals surface area contributed by atoms with Crippen LogP contribution < -0.4 is 10.6 Å². The van der Waals surface area contributed by atoms with Gasteiger partial charge in [-0.25, -0.2) is 8.42 Å². The highest BCUT2D eigenvalue weighted by Crippen LogP contribution is 2.25. The molecule has 0 radical (unpaired) electrons. The molecule has 2 heterocycles. The number of hydrogen-bond acceptors (Lipinski definition) is 6. The van der Waals surface area contributed by atoms with Gasteiger partial charge >= 0.3 is 0 Å². The first-order valence-corrected chi connectivity index (χ1v) is 9.78. The standard InChI is InChI=1S/C14H21N3O5S2/c1-10(16-11(2)18)14(19)15-9-12-3-4-13(23-12)24(20,21)17-5-7-22-8-6-17/h3-4,10H,5-9H2,1-2H3,(H,15,19)(H,16,18). The van der Waals surface area contributed by atoms with E-state index < -0.39 is 16.1 Å². The number of rotatable bonds is 6. The van der Waals surface area contributed by atoms with Crippen molar-refractivity contribution in [2.45, 2.75) is 30.6 Å². The molecule has 0 aromatic carbocycles. The molecule has 2 N–H and O–H groups in total. The van der Waals surface area contributed by atoms with E-state index >= 15 is 0 Å². The number of hydrogen-bond donors (Lipinski definition) is 2. The summed E-state index contributed by atoms with van der Waals surface area (Å²) in [7, 11) is -3.51. The minimum absolute atomic E-state index is 0.214. The van der Waals surface area contributed by atoms with E-state index in [0.29, 0.717) is 26.3 Å². The summed E-state index contributed by atoms with van der Waals surface area (Å²) in [5, 5.41) is 5.17. The summed E-state index contributed by atoms with van der Waals surface area (Å²) >= 11 is 1.13. The van der Waals surface area contributed by atoms with Gasteiger partial charge in [-0.2, -0.15) is 4.31 Å². The van der Waals surface area contributed by atoms with Crippen molar-refractivity contribution in [1.29, 1.82) is 0 Å². The van der Waals surface area contributed by atoms with Gasteiger partial charge < -0.3 is 15.4 Å². The number of sulfonamides is 1. The summed E-state index contributed by atoms with van der Waals surface area (Å²) in [6.07, 6.45) is 0. The van der Waals surface area contributed by atoms with E-state index in [2.05, 4.69) is 10.6 Å². The van der Waals surface area contributed by atoms with E-state index in [0.717, 1.165) is 16.2 Å². The van der Waals surface area contributed by atoms with Gasteiger partial charge in [0.1, 0.15) is 10.3 Å². The van der Waals surface area contributed by atoms with Gasteiger partial charge in [-0.05, 0) is 19.1 Å². The van der Waals surface area contributed by atoms with Crippen LogP contribution in [0.1, 0.15) is 18.7 Å². The molecule has 1 aromatic heterocycles. The second kappa shape index (κ2) is 8.06. The van der Waals surface area contributed by atoms with Crippen LogP contribution in [-0.4, -0.2) is 56.9 Å². The fraction of sp³-hybridized carbons (Fsp3) is 0.571. The van der Waals surface area contributed by atoms with Gasteiger partial charge in [0, 0.05) is 24.9 Å². The van der Waals surface area contributed by atoms with Gasteiger partial charge in [0.05, 0.1) is 19.8 Å². The third-order valence-corrected chi connectivity index (χ3v) is 6.90. The number of ether oxygens (including phenoxy) is 1. The average molecular weight is 375 g/mol. The van der Waals surface area contributed by atoms with Gasteiger partial charge in [0.15, 0.2) is 0 Å². The zero-order chi connectivity index (χ0) is 17.7. The van der Waals surface area contributed by atoms with Crippen LogP contribution in [0.2, 0.25) is 0 Å². The molecule has 0 spiro atoms. The molecule has 0 saturated carbocycles. The van der Waals surface area contributed by atoms with E-state index in [1.165, 1.54) is 11.2 Å². The Bertz CT molecular complexity index is 695. The van der Waals surface area contributed by atoms with Gasteiger partial charge in [0.2, 0.25) is 11.8 Å². The molecule has 2 rings (SSSR count). The molecule has 1 unspecified atom stereocenters. The second-order valence-corrected chi connectivity index (χ2v) is 8.71. The smallest absolute Gasteiger partial charge is 0.252 e. The van der Waals surface area contributed by atoms with E-state index in [4.69, 9.17) is 4.74 Å². The summed E-state index contributed by atoms with van der Waals surface area (Å²) in [5.41, 5.74) is 0. The zero-order valence-corrected chi connectivity index (χ0v) is 15.2. The van der Waals surface area contributed by atoms with Crippen molar-refractivity contribution in [3.05, 3.63) is 17.0 Å². The lowest BCUT2D eigenvalue weighted by Gasteiger charge is -2.25. The van der Waals surface area contributed by atoms with Crippen molar-refractivity contribution in [1.82, 2.24) is 14.9 Å². The van der Waals surface area contributed by atoms with Crippen molar-refractivity contribution in [3.8, 4) is 0 Å². The number of thiophene rings is 1. The quantitative estimate of drug-likeness (QED) is 0.723. The minimum atomic E-state index is -3.51. The highest BCUT2D eigenvalue weighted by Gasteiger charge is 2.27. The van der Waals surface area contributed by atoms with Crippen molar-refractivity contribution >= 4 is 33.2 Å². The number of amides is 2. The first-order chi connectivity index (χ1) is 11.3. The SMILES string of the molecule is CC(=O)NC(C)C(=O)NCc1ccc(S(=O)(=O)N2CCOCC2)s1. The molecule has 1 aliphatic rings. The Balaban J connectivity index is 1.95. The van der Waals surface area contributed by atoms with Crippen LogP contribution in [0.25, 0.3) is 0 Å². The molecule has 1 saturated heterocycles. The Hall–Kier alpha value is -1.49. The molecule has 134 valence electrons. The molecule has 1 aromatic rings. The normalized spacial score (nSPS) is 17.2. The van der Waals surface area contributed by atoms with Crippen molar-refractivity contribution in [2.24, 2.45) is 0 Å². The lowest BCUT2D eigenvalue weighted by molar-refractivity contribution is -0.127. The maximum atomic E-state index is 12.5. The summed E-state index contributed by atoms with van der Waals surface area (Å²) < 4.78 is 31.9. The lowest BCUT2D eigenvalue weighted by atomic mass is 10.3. The molecule has 2 amide bonds. The minimum Gasteiger partial charge on any atom is -0.379 e. The van der Waals surface area contributed by atoms with E-state index in [1.54, 1.807) is 19.1 Å². The van der Waals surface area contributed by atoms with Crippen LogP contribution >= 0.6 is 11.3 Å². The van der Waals surface area contributed by atoms with Crippen molar-refractivity contribution in [3.63, 3.8) is 0 Å². The van der Waals surface area contributed by atoms with Gasteiger partial charge in [-0.15, -0.1) is 11.3 Å². The molecule has 1 fully saturated rings. The third-order valence-electron chi connectivity index (χ3n) is 3.45. The Morgan fingerprint density at radius 3 is 2.62 bits per heavy atom. The largest absolute Gasteiger partial charge is 0.379 e. The number of carbonyl (C=O) groups is 2. The lowest BCUT2D eigenvalue weighted by Crippen LogP contribution is -2.43. The molecule has 8 nitrogen and oxygen atoms in total. The molecule has 1 atom stereocenters. The fourth-order valence-electron chi connectivity index (χ4n) is 2.20. The van der Waals surface area contributed by atoms with Crippen LogP contribution in [0, 0.1) is 0 Å². The Kier molecular flexibility index (Phi) is 6.33. The van der Waals surface area contributed by atoms with Crippen molar-refractivity contribution in [2.75, 3.05) is 26.3 Å². The highest BCUT2D eigenvalue weighted by atomic mass is 32.2. The molecular formula is C14H21N3O5S2. The molecular weight excluding hydrogens is 354 g/mol. The van der Waals surface area contributed by atoms with Crippen LogP contribution in [0.4, 0.5) is 0 Å². The summed E-state index contributed by atoms with van der Waals surface area (Å²) in [6.45, 7) is 4.63. The summed E-state index contributed by atoms with van der Waals surface area (Å²) in [6, 6.07) is 2.59. The van der Waals surface area contributed by atoms with E-state index in [1.807, 2.05) is 0 Å². The highest BCUT2D eigenvalue weighted by molar-refractivity contribution is 7.91. The van der Waals surface area contributed by atoms with Crippen LogP contribution in [0.3, 0.4) is 0 Å².